The molecule has 0 aromatic carbocycles. The summed E-state index contributed by atoms with van der Waals surface area (Å²) in [6, 6.07) is -0.823. The van der Waals surface area contributed by atoms with Crippen molar-refractivity contribution in [1.82, 2.24) is 5.32 Å². The van der Waals surface area contributed by atoms with E-state index in [1.807, 2.05) is 6.08 Å². The summed E-state index contributed by atoms with van der Waals surface area (Å²) in [5.74, 6) is -0.183. The Morgan fingerprint density at radius 1 is 0.455 bits per heavy atom. The molecule has 0 saturated carbocycles. The molecule has 7 unspecified atom stereocenters. The fraction of sp³-hybridized carbons (Fsp3) is 0.809. The molecule has 0 radical (unpaired) electrons. The van der Waals surface area contributed by atoms with Crippen LogP contribution in [0.25, 0.3) is 0 Å². The van der Waals surface area contributed by atoms with E-state index in [2.05, 4.69) is 79.9 Å². The molecule has 9 nitrogen and oxygen atoms in total. The standard InChI is InChI=1S/C68H123NO8/c1-3-5-7-9-11-13-15-17-19-21-23-24-25-26-27-28-29-30-31-32-33-34-35-36-37-38-40-42-44-46-48-50-52-54-56-58-64(72)69-61(60-76-68-67(75)66(74)65(73)63(59-70)77-68)62(71)57-55-53-51-49-47-45-43-41-39-22-20-18-16-14-12-10-8-6-4-2/h5,7,11,13,17,19,23-24,47,49,55,57,61-63,65-68,70-71,73-75H,3-4,6,8-10,12,14-16,18,20-22,25-46,48,50-54,56,58-60H2,1-2H3,(H,69,72)/b7-5-,13-11-,19-17-,24-23-,49-47+,57-55+. The highest BCUT2D eigenvalue weighted by molar-refractivity contribution is 5.76. The first kappa shape index (κ1) is 72.6. The maximum absolute atomic E-state index is 13.1. The summed E-state index contributed by atoms with van der Waals surface area (Å²) >= 11 is 0. The first-order valence-corrected chi connectivity index (χ1v) is 32.7. The fourth-order valence-corrected chi connectivity index (χ4v) is 10.2. The van der Waals surface area contributed by atoms with E-state index in [9.17, 15) is 30.3 Å². The van der Waals surface area contributed by atoms with Crippen molar-refractivity contribution in [3.8, 4) is 0 Å². The van der Waals surface area contributed by atoms with Gasteiger partial charge < -0.3 is 40.3 Å². The molecule has 0 aliphatic carbocycles. The van der Waals surface area contributed by atoms with E-state index < -0.39 is 49.5 Å². The Morgan fingerprint density at radius 3 is 1.25 bits per heavy atom. The van der Waals surface area contributed by atoms with Gasteiger partial charge in [0.15, 0.2) is 6.29 Å². The van der Waals surface area contributed by atoms with Crippen LogP contribution in [-0.4, -0.2) is 87.5 Å². The van der Waals surface area contributed by atoms with Gasteiger partial charge >= 0.3 is 0 Å². The smallest absolute Gasteiger partial charge is 0.220 e. The van der Waals surface area contributed by atoms with Gasteiger partial charge in [-0.1, -0.05) is 292 Å². The minimum absolute atomic E-state index is 0.183. The quantitative estimate of drug-likeness (QED) is 0.0261. The predicted molar refractivity (Wildman–Crippen MR) is 327 cm³/mol. The SMILES string of the molecule is CC/C=C\C/C=C\C/C=C\C/C=C\CCCCCCCCCCCCCCCCCCCCCCCCC(=O)NC(COC1OC(CO)C(O)C(O)C1O)C(O)/C=C/CC/C=C/CCCCCCCCCCCCCCC. The van der Waals surface area contributed by atoms with Crippen molar-refractivity contribution in [2.24, 2.45) is 0 Å². The van der Waals surface area contributed by atoms with Crippen molar-refractivity contribution >= 4 is 5.91 Å². The summed E-state index contributed by atoms with van der Waals surface area (Å²) in [5, 5.41) is 54.6. The maximum Gasteiger partial charge on any atom is 0.220 e. The topological polar surface area (TPSA) is 149 Å². The Morgan fingerprint density at radius 2 is 0.818 bits per heavy atom. The molecular formula is C68H123NO8. The molecule has 1 amide bonds. The zero-order valence-electron chi connectivity index (χ0n) is 50.0. The summed E-state index contributed by atoms with van der Waals surface area (Å²) in [6.45, 7) is 3.68. The number of amides is 1. The second-order valence-electron chi connectivity index (χ2n) is 22.5. The normalized spacial score (nSPS) is 19.2. The van der Waals surface area contributed by atoms with Crippen molar-refractivity contribution in [2.45, 2.75) is 339 Å². The second-order valence-corrected chi connectivity index (χ2v) is 22.5. The number of ether oxygens (including phenoxy) is 2. The number of unbranched alkanes of at least 4 members (excludes halogenated alkanes) is 36. The van der Waals surface area contributed by atoms with Gasteiger partial charge in [-0.2, -0.15) is 0 Å². The average molecular weight is 1080 g/mol. The van der Waals surface area contributed by atoms with Gasteiger partial charge in [0.1, 0.15) is 24.4 Å². The summed E-state index contributed by atoms with van der Waals surface area (Å²) < 4.78 is 11.3. The van der Waals surface area contributed by atoms with Crippen LogP contribution < -0.4 is 5.32 Å². The number of aliphatic hydroxyl groups is 5. The highest BCUT2D eigenvalue weighted by atomic mass is 16.7. The van der Waals surface area contributed by atoms with Crippen LogP contribution in [0.1, 0.15) is 296 Å². The Bertz CT molecular complexity index is 1440. The maximum atomic E-state index is 13.1. The molecule has 1 fully saturated rings. The van der Waals surface area contributed by atoms with E-state index in [1.165, 1.54) is 212 Å². The van der Waals surface area contributed by atoms with Gasteiger partial charge in [-0.25, -0.2) is 0 Å². The van der Waals surface area contributed by atoms with E-state index >= 15 is 0 Å². The molecule has 0 aromatic rings. The molecule has 6 N–H and O–H groups in total. The van der Waals surface area contributed by atoms with Crippen LogP contribution >= 0.6 is 0 Å². The predicted octanol–water partition coefficient (Wildman–Crippen LogP) is 17.2. The Labute approximate surface area is 474 Å². The zero-order chi connectivity index (χ0) is 55.8. The van der Waals surface area contributed by atoms with Crippen LogP contribution in [-0.2, 0) is 14.3 Å². The van der Waals surface area contributed by atoms with Crippen molar-refractivity contribution < 1.29 is 39.8 Å². The van der Waals surface area contributed by atoms with Crippen LogP contribution in [0.3, 0.4) is 0 Å². The number of nitrogens with one attached hydrogen (secondary N) is 1. The Hall–Kier alpha value is -2.37. The van der Waals surface area contributed by atoms with Crippen LogP contribution in [0.15, 0.2) is 72.9 Å². The molecule has 9 heteroatoms. The number of allylic oxidation sites excluding steroid dienone is 11. The number of carbonyl (C=O) groups is 1. The highest BCUT2D eigenvalue weighted by Crippen LogP contribution is 2.23. The van der Waals surface area contributed by atoms with Crippen LogP contribution in [0.2, 0.25) is 0 Å². The molecule has 0 aromatic heterocycles. The summed E-state index contributed by atoms with van der Waals surface area (Å²) in [4.78, 5) is 13.1. The van der Waals surface area contributed by atoms with Gasteiger partial charge in [0.25, 0.3) is 0 Å². The van der Waals surface area contributed by atoms with Gasteiger partial charge in [0, 0.05) is 6.42 Å². The van der Waals surface area contributed by atoms with Crippen LogP contribution in [0, 0.1) is 0 Å². The van der Waals surface area contributed by atoms with E-state index in [0.29, 0.717) is 6.42 Å². The molecule has 7 atom stereocenters. The van der Waals surface area contributed by atoms with Crippen molar-refractivity contribution in [3.63, 3.8) is 0 Å². The Balaban J connectivity index is 2.12. The minimum atomic E-state index is -1.57. The monoisotopic (exact) mass is 1080 g/mol. The fourth-order valence-electron chi connectivity index (χ4n) is 10.2. The largest absolute Gasteiger partial charge is 0.394 e. The van der Waals surface area contributed by atoms with Crippen molar-refractivity contribution in [1.29, 1.82) is 0 Å². The van der Waals surface area contributed by atoms with Gasteiger partial charge in [-0.05, 0) is 70.6 Å². The molecule has 1 saturated heterocycles. The van der Waals surface area contributed by atoms with Crippen LogP contribution in [0.5, 0.6) is 0 Å². The number of hydrogen-bond donors (Lipinski definition) is 6. The van der Waals surface area contributed by atoms with Crippen LogP contribution in [0.4, 0.5) is 0 Å². The third-order valence-electron chi connectivity index (χ3n) is 15.3. The van der Waals surface area contributed by atoms with E-state index in [-0.39, 0.29) is 12.5 Å². The molecular weight excluding hydrogens is 959 g/mol. The lowest BCUT2D eigenvalue weighted by molar-refractivity contribution is -0.302. The Kier molecular flexibility index (Phi) is 53.7. The summed E-state index contributed by atoms with van der Waals surface area (Å²) in [7, 11) is 0. The lowest BCUT2D eigenvalue weighted by Crippen LogP contribution is -2.60. The summed E-state index contributed by atoms with van der Waals surface area (Å²) in [6.07, 6.45) is 72.9. The molecule has 1 aliphatic rings. The molecule has 77 heavy (non-hydrogen) atoms. The van der Waals surface area contributed by atoms with Gasteiger partial charge in [-0.15, -0.1) is 0 Å². The number of aliphatic hydroxyl groups excluding tert-OH is 5. The van der Waals surface area contributed by atoms with Gasteiger partial charge in [0.2, 0.25) is 5.91 Å². The summed E-state index contributed by atoms with van der Waals surface area (Å²) in [5.41, 5.74) is 0. The van der Waals surface area contributed by atoms with Gasteiger partial charge in [0.05, 0.1) is 25.4 Å². The lowest BCUT2D eigenvalue weighted by Gasteiger charge is -2.40. The first-order valence-electron chi connectivity index (χ1n) is 32.7. The number of hydrogen-bond acceptors (Lipinski definition) is 8. The third kappa shape index (κ3) is 46.0. The molecule has 1 rings (SSSR count). The van der Waals surface area contributed by atoms with Crippen molar-refractivity contribution in [2.75, 3.05) is 13.2 Å². The zero-order valence-corrected chi connectivity index (χ0v) is 50.0. The number of carbonyl (C=O) groups excluding carboxylic acids is 1. The average Bonchev–Trinajstić information content (AvgIpc) is 3.43. The van der Waals surface area contributed by atoms with Gasteiger partial charge in [-0.3, -0.25) is 4.79 Å². The molecule has 0 bridgehead atoms. The minimum Gasteiger partial charge on any atom is -0.394 e. The first-order chi connectivity index (χ1) is 37.8. The van der Waals surface area contributed by atoms with E-state index in [4.69, 9.17) is 9.47 Å². The second kappa shape index (κ2) is 56.9. The highest BCUT2D eigenvalue weighted by Gasteiger charge is 2.44. The molecule has 1 heterocycles. The number of rotatable bonds is 56. The third-order valence-corrected chi connectivity index (χ3v) is 15.3. The van der Waals surface area contributed by atoms with E-state index in [1.54, 1.807) is 6.08 Å². The molecule has 1 aliphatic heterocycles. The molecule has 0 spiro atoms. The van der Waals surface area contributed by atoms with Crippen molar-refractivity contribution in [3.05, 3.63) is 72.9 Å². The van der Waals surface area contributed by atoms with E-state index in [0.717, 1.165) is 64.2 Å². The lowest BCUT2D eigenvalue weighted by atomic mass is 9.99. The molecule has 448 valence electrons.